The molecule has 2 aromatic rings. The Morgan fingerprint density at radius 2 is 2.32 bits per heavy atom. The molecule has 0 saturated carbocycles. The molecular weight excluding hydrogens is 274 g/mol. The maximum absolute atomic E-state index is 10.9. The fourth-order valence-electron chi connectivity index (χ4n) is 1.55. The predicted octanol–water partition coefficient (Wildman–Crippen LogP) is 1.34. The van der Waals surface area contributed by atoms with Gasteiger partial charge in [0.05, 0.1) is 11.0 Å². The van der Waals surface area contributed by atoms with Crippen molar-refractivity contribution in [2.75, 3.05) is 5.32 Å². The minimum Gasteiger partial charge on any atom is -0.354 e. The number of aryl methyl sites for hydroxylation is 1. The van der Waals surface area contributed by atoms with Crippen LogP contribution in [0.25, 0.3) is 0 Å². The number of nitrogens with one attached hydrogen (secondary N) is 1. The lowest BCUT2D eigenvalue weighted by Gasteiger charge is -2.13. The van der Waals surface area contributed by atoms with Crippen LogP contribution in [0.2, 0.25) is 5.28 Å². The van der Waals surface area contributed by atoms with Gasteiger partial charge in [-0.3, -0.25) is 10.1 Å². The number of aromatic nitrogens is 5. The molecule has 0 spiro atoms. The van der Waals surface area contributed by atoms with E-state index < -0.39 is 4.92 Å². The van der Waals surface area contributed by atoms with Gasteiger partial charge in [0, 0.05) is 7.05 Å². The molecule has 1 unspecified atom stereocenters. The lowest BCUT2D eigenvalue weighted by Crippen LogP contribution is -2.14. The minimum absolute atomic E-state index is 0.0421. The number of rotatable bonds is 4. The Morgan fingerprint density at radius 1 is 1.58 bits per heavy atom. The van der Waals surface area contributed by atoms with Gasteiger partial charge >= 0.3 is 5.69 Å². The topological polar surface area (TPSA) is 112 Å². The standard InChI is InChI=1S/C9H10ClN7O2/c1-5(8-15-12-4-16(8)2)13-7-6(17(18)19)3-11-9(10)14-7/h3-5H,1-2H3,(H,11,13,14). The highest BCUT2D eigenvalue weighted by Gasteiger charge is 2.20. The summed E-state index contributed by atoms with van der Waals surface area (Å²) in [6.45, 7) is 1.78. The highest BCUT2D eigenvalue weighted by Crippen LogP contribution is 2.25. The molecule has 0 aliphatic heterocycles. The quantitative estimate of drug-likeness (QED) is 0.512. The van der Waals surface area contributed by atoms with E-state index in [0.717, 1.165) is 6.20 Å². The van der Waals surface area contributed by atoms with E-state index in [9.17, 15) is 10.1 Å². The number of hydrogen-bond acceptors (Lipinski definition) is 7. The maximum atomic E-state index is 10.9. The smallest absolute Gasteiger partial charge is 0.329 e. The van der Waals surface area contributed by atoms with Crippen molar-refractivity contribution in [1.29, 1.82) is 0 Å². The van der Waals surface area contributed by atoms with Crippen LogP contribution in [-0.4, -0.2) is 29.7 Å². The van der Waals surface area contributed by atoms with E-state index in [1.165, 1.54) is 6.33 Å². The third-order valence-electron chi connectivity index (χ3n) is 2.42. The predicted molar refractivity (Wildman–Crippen MR) is 66.7 cm³/mol. The lowest BCUT2D eigenvalue weighted by atomic mass is 10.3. The Hall–Kier alpha value is -2.29. The van der Waals surface area contributed by atoms with Crippen molar-refractivity contribution in [3.05, 3.63) is 33.7 Å². The van der Waals surface area contributed by atoms with Gasteiger partial charge in [0.15, 0.2) is 5.82 Å². The molecule has 0 aliphatic rings. The first-order chi connectivity index (χ1) is 8.99. The second kappa shape index (κ2) is 5.14. The Bertz CT molecular complexity index is 614. The number of halogens is 1. The molecule has 10 heteroatoms. The van der Waals surface area contributed by atoms with Crippen molar-refractivity contribution in [3.8, 4) is 0 Å². The molecule has 0 radical (unpaired) electrons. The van der Waals surface area contributed by atoms with Crippen LogP contribution >= 0.6 is 11.6 Å². The third-order valence-corrected chi connectivity index (χ3v) is 2.61. The summed E-state index contributed by atoms with van der Waals surface area (Å²) in [4.78, 5) is 17.7. The number of anilines is 1. The van der Waals surface area contributed by atoms with Gasteiger partial charge in [-0.05, 0) is 18.5 Å². The minimum atomic E-state index is -0.581. The van der Waals surface area contributed by atoms with E-state index in [2.05, 4.69) is 25.5 Å². The van der Waals surface area contributed by atoms with Crippen LogP contribution < -0.4 is 5.32 Å². The Balaban J connectivity index is 2.30. The highest BCUT2D eigenvalue weighted by molar-refractivity contribution is 6.28. The fourth-order valence-corrected chi connectivity index (χ4v) is 1.68. The van der Waals surface area contributed by atoms with Gasteiger partial charge in [0.25, 0.3) is 0 Å². The average Bonchev–Trinajstić information content (AvgIpc) is 2.75. The van der Waals surface area contributed by atoms with Gasteiger partial charge in [-0.1, -0.05) is 0 Å². The number of hydrogen-bond donors (Lipinski definition) is 1. The molecule has 2 aromatic heterocycles. The zero-order chi connectivity index (χ0) is 14.0. The molecule has 0 bridgehead atoms. The van der Waals surface area contributed by atoms with Crippen molar-refractivity contribution in [2.45, 2.75) is 13.0 Å². The molecule has 19 heavy (non-hydrogen) atoms. The fraction of sp³-hybridized carbons (Fsp3) is 0.333. The first-order valence-electron chi connectivity index (χ1n) is 5.26. The first-order valence-corrected chi connectivity index (χ1v) is 5.64. The number of nitrogens with zero attached hydrogens (tertiary/aromatic N) is 6. The van der Waals surface area contributed by atoms with Crippen molar-refractivity contribution >= 4 is 23.1 Å². The zero-order valence-corrected chi connectivity index (χ0v) is 10.9. The second-order valence-corrected chi connectivity index (χ2v) is 4.13. The van der Waals surface area contributed by atoms with Crippen LogP contribution in [0.1, 0.15) is 18.8 Å². The molecule has 9 nitrogen and oxygen atoms in total. The Labute approximate surface area is 112 Å². The molecule has 1 atom stereocenters. The summed E-state index contributed by atoms with van der Waals surface area (Å²) in [5.74, 6) is 0.657. The molecule has 0 amide bonds. The van der Waals surface area contributed by atoms with Crippen LogP contribution in [0.15, 0.2) is 12.5 Å². The normalized spacial score (nSPS) is 12.2. The van der Waals surface area contributed by atoms with Gasteiger partial charge in [0.1, 0.15) is 12.5 Å². The van der Waals surface area contributed by atoms with Gasteiger partial charge in [-0.15, -0.1) is 10.2 Å². The highest BCUT2D eigenvalue weighted by atomic mass is 35.5. The SMILES string of the molecule is CC(Nc1nc(Cl)ncc1[N+](=O)[O-])c1nncn1C. The molecular formula is C9H10ClN7O2. The summed E-state index contributed by atoms with van der Waals surface area (Å²) >= 11 is 5.64. The summed E-state index contributed by atoms with van der Waals surface area (Å²) in [5, 5.41) is 21.3. The second-order valence-electron chi connectivity index (χ2n) is 3.80. The molecule has 2 rings (SSSR count). The largest absolute Gasteiger partial charge is 0.354 e. The molecule has 0 aliphatic carbocycles. The molecule has 0 fully saturated rings. The van der Waals surface area contributed by atoms with Crippen molar-refractivity contribution in [3.63, 3.8) is 0 Å². The van der Waals surface area contributed by atoms with Crippen LogP contribution in [0, 0.1) is 10.1 Å². The Morgan fingerprint density at radius 3 is 2.89 bits per heavy atom. The van der Waals surface area contributed by atoms with Crippen molar-refractivity contribution in [1.82, 2.24) is 24.7 Å². The summed E-state index contributed by atoms with van der Waals surface area (Å²) in [7, 11) is 1.77. The molecule has 100 valence electrons. The van der Waals surface area contributed by atoms with Gasteiger partial charge in [0.2, 0.25) is 11.1 Å². The van der Waals surface area contributed by atoms with E-state index in [4.69, 9.17) is 11.6 Å². The van der Waals surface area contributed by atoms with E-state index in [1.807, 2.05) is 0 Å². The summed E-state index contributed by atoms with van der Waals surface area (Å²) in [6.07, 6.45) is 2.59. The third kappa shape index (κ3) is 2.76. The molecule has 0 aromatic carbocycles. The van der Waals surface area contributed by atoms with Crippen LogP contribution in [-0.2, 0) is 7.05 Å². The monoisotopic (exact) mass is 283 g/mol. The molecule has 1 N–H and O–H groups in total. The molecule has 0 saturated heterocycles. The number of nitro groups is 1. The zero-order valence-electron chi connectivity index (χ0n) is 10.1. The van der Waals surface area contributed by atoms with Crippen LogP contribution in [0.3, 0.4) is 0 Å². The van der Waals surface area contributed by atoms with Crippen LogP contribution in [0.4, 0.5) is 11.5 Å². The maximum Gasteiger partial charge on any atom is 0.329 e. The Kier molecular flexibility index (Phi) is 3.56. The summed E-state index contributed by atoms with van der Waals surface area (Å²) in [5.41, 5.74) is -0.251. The lowest BCUT2D eigenvalue weighted by molar-refractivity contribution is -0.384. The van der Waals surface area contributed by atoms with Crippen LogP contribution in [0.5, 0.6) is 0 Å². The van der Waals surface area contributed by atoms with E-state index in [0.29, 0.717) is 5.82 Å². The van der Waals surface area contributed by atoms with Gasteiger partial charge in [-0.2, -0.15) is 4.98 Å². The van der Waals surface area contributed by atoms with Gasteiger partial charge in [-0.25, -0.2) is 4.98 Å². The summed E-state index contributed by atoms with van der Waals surface area (Å²) in [6, 6.07) is -0.322. The first kappa shape index (κ1) is 13.1. The summed E-state index contributed by atoms with van der Waals surface area (Å²) < 4.78 is 1.70. The van der Waals surface area contributed by atoms with Gasteiger partial charge < -0.3 is 9.88 Å². The van der Waals surface area contributed by atoms with E-state index in [1.54, 1.807) is 18.5 Å². The average molecular weight is 284 g/mol. The molecule has 2 heterocycles. The van der Waals surface area contributed by atoms with Crippen molar-refractivity contribution in [2.24, 2.45) is 7.05 Å². The van der Waals surface area contributed by atoms with E-state index >= 15 is 0 Å². The van der Waals surface area contributed by atoms with Crippen molar-refractivity contribution < 1.29 is 4.92 Å². The van der Waals surface area contributed by atoms with E-state index in [-0.39, 0.29) is 22.8 Å².